The molecule has 0 atom stereocenters. The van der Waals surface area contributed by atoms with Crippen molar-refractivity contribution in [3.05, 3.63) is 82.0 Å². The highest BCUT2D eigenvalue weighted by atomic mass is 16.2. The van der Waals surface area contributed by atoms with Crippen LogP contribution in [-0.4, -0.2) is 20.7 Å². The lowest BCUT2D eigenvalue weighted by Crippen LogP contribution is -2.23. The van der Waals surface area contributed by atoms with Crippen molar-refractivity contribution in [1.29, 1.82) is 0 Å². The summed E-state index contributed by atoms with van der Waals surface area (Å²) in [6.45, 7) is 2.32. The summed E-state index contributed by atoms with van der Waals surface area (Å²) >= 11 is 0. The van der Waals surface area contributed by atoms with Crippen LogP contribution in [0.3, 0.4) is 0 Å². The summed E-state index contributed by atoms with van der Waals surface area (Å²) in [4.78, 5) is 28.2. The third-order valence-corrected chi connectivity index (χ3v) is 3.43. The molecular weight excluding hydrogens is 292 g/mol. The fourth-order valence-corrected chi connectivity index (χ4v) is 2.18. The Morgan fingerprint density at radius 3 is 2.74 bits per heavy atom. The first-order chi connectivity index (χ1) is 11.1. The number of aryl methyl sites for hydroxylation is 1. The third-order valence-electron chi connectivity index (χ3n) is 3.43. The van der Waals surface area contributed by atoms with E-state index in [9.17, 15) is 9.59 Å². The second kappa shape index (κ2) is 6.31. The first-order valence-electron chi connectivity index (χ1n) is 7.20. The SMILES string of the molecule is Cc1ccc(-n2[nH]c(C(=O)NCc3cccnc3)cc2=O)cc1. The van der Waals surface area contributed by atoms with Crippen LogP contribution < -0.4 is 10.9 Å². The average Bonchev–Trinajstić information content (AvgIpc) is 2.96. The number of aromatic amines is 1. The summed E-state index contributed by atoms with van der Waals surface area (Å²) in [7, 11) is 0. The molecule has 0 aliphatic carbocycles. The van der Waals surface area contributed by atoms with Gasteiger partial charge in [0.2, 0.25) is 0 Å². The smallest absolute Gasteiger partial charge is 0.271 e. The van der Waals surface area contributed by atoms with Crippen LogP contribution in [-0.2, 0) is 6.54 Å². The predicted molar refractivity (Wildman–Crippen MR) is 86.5 cm³/mol. The van der Waals surface area contributed by atoms with Crippen molar-refractivity contribution in [1.82, 2.24) is 20.1 Å². The van der Waals surface area contributed by atoms with E-state index >= 15 is 0 Å². The Bertz CT molecular complexity index is 864. The maximum absolute atomic E-state index is 12.2. The Morgan fingerprint density at radius 2 is 2.04 bits per heavy atom. The van der Waals surface area contributed by atoms with Gasteiger partial charge in [0.1, 0.15) is 5.69 Å². The van der Waals surface area contributed by atoms with E-state index in [0.717, 1.165) is 11.1 Å². The lowest BCUT2D eigenvalue weighted by Gasteiger charge is -2.04. The summed E-state index contributed by atoms with van der Waals surface area (Å²) in [5, 5.41) is 5.58. The Labute approximate surface area is 132 Å². The fraction of sp³-hybridized carbons (Fsp3) is 0.118. The maximum atomic E-state index is 12.2. The Morgan fingerprint density at radius 1 is 1.26 bits per heavy atom. The van der Waals surface area contributed by atoms with E-state index in [4.69, 9.17) is 0 Å². The van der Waals surface area contributed by atoms with Crippen LogP contribution in [0.15, 0.2) is 59.7 Å². The first kappa shape index (κ1) is 14.8. The number of hydrogen-bond acceptors (Lipinski definition) is 3. The first-order valence-corrected chi connectivity index (χ1v) is 7.20. The van der Waals surface area contributed by atoms with Crippen LogP contribution in [0, 0.1) is 6.92 Å². The van der Waals surface area contributed by atoms with Gasteiger partial charge in [-0.25, -0.2) is 4.68 Å². The second-order valence-electron chi connectivity index (χ2n) is 5.22. The number of carbonyl (C=O) groups excluding carboxylic acids is 1. The molecule has 2 aromatic heterocycles. The molecule has 0 unspecified atom stereocenters. The van der Waals surface area contributed by atoms with Gasteiger partial charge in [-0.3, -0.25) is 19.7 Å². The molecule has 6 heteroatoms. The van der Waals surface area contributed by atoms with Gasteiger partial charge in [-0.05, 0) is 30.7 Å². The van der Waals surface area contributed by atoms with E-state index in [0.29, 0.717) is 12.2 Å². The van der Waals surface area contributed by atoms with E-state index in [2.05, 4.69) is 15.4 Å². The van der Waals surface area contributed by atoms with Gasteiger partial charge in [0, 0.05) is 25.0 Å². The van der Waals surface area contributed by atoms with Gasteiger partial charge >= 0.3 is 0 Å². The largest absolute Gasteiger partial charge is 0.347 e. The Hall–Kier alpha value is -3.15. The molecule has 2 N–H and O–H groups in total. The van der Waals surface area contributed by atoms with Gasteiger partial charge in [-0.2, -0.15) is 0 Å². The van der Waals surface area contributed by atoms with E-state index in [1.807, 2.05) is 37.3 Å². The monoisotopic (exact) mass is 308 g/mol. The molecule has 0 aliphatic heterocycles. The zero-order valence-corrected chi connectivity index (χ0v) is 12.6. The molecule has 6 nitrogen and oxygen atoms in total. The highest BCUT2D eigenvalue weighted by Gasteiger charge is 2.11. The predicted octanol–water partition coefficient (Wildman–Crippen LogP) is 1.80. The van der Waals surface area contributed by atoms with Gasteiger partial charge in [-0.15, -0.1) is 0 Å². The maximum Gasteiger partial charge on any atom is 0.271 e. The number of nitrogens with zero attached hydrogens (tertiary/aromatic N) is 2. The van der Waals surface area contributed by atoms with Crippen molar-refractivity contribution < 1.29 is 4.79 Å². The van der Waals surface area contributed by atoms with Crippen molar-refractivity contribution in [2.24, 2.45) is 0 Å². The fourth-order valence-electron chi connectivity index (χ4n) is 2.18. The molecule has 2 heterocycles. The van der Waals surface area contributed by atoms with Gasteiger partial charge in [-0.1, -0.05) is 23.8 Å². The average molecular weight is 308 g/mol. The van der Waals surface area contributed by atoms with Crippen molar-refractivity contribution in [2.45, 2.75) is 13.5 Å². The molecule has 3 aromatic rings. The van der Waals surface area contributed by atoms with E-state index in [-0.39, 0.29) is 17.2 Å². The number of H-pyrrole nitrogens is 1. The minimum absolute atomic E-state index is 0.222. The summed E-state index contributed by atoms with van der Waals surface area (Å²) in [5.41, 5.74) is 2.62. The number of rotatable bonds is 4. The molecule has 0 bridgehead atoms. The van der Waals surface area contributed by atoms with Gasteiger partial charge in [0.05, 0.1) is 5.69 Å². The van der Waals surface area contributed by atoms with E-state index in [1.165, 1.54) is 10.7 Å². The normalized spacial score (nSPS) is 10.5. The number of pyridine rings is 1. The number of hydrogen-bond donors (Lipinski definition) is 2. The van der Waals surface area contributed by atoms with Crippen molar-refractivity contribution in [3.63, 3.8) is 0 Å². The second-order valence-corrected chi connectivity index (χ2v) is 5.22. The van der Waals surface area contributed by atoms with E-state index in [1.54, 1.807) is 18.5 Å². The number of carbonyl (C=O) groups is 1. The van der Waals surface area contributed by atoms with Crippen molar-refractivity contribution in [2.75, 3.05) is 0 Å². The number of amides is 1. The lowest BCUT2D eigenvalue weighted by molar-refractivity contribution is 0.0945. The lowest BCUT2D eigenvalue weighted by atomic mass is 10.2. The Kier molecular flexibility index (Phi) is 4.05. The molecule has 1 aromatic carbocycles. The zero-order valence-electron chi connectivity index (χ0n) is 12.6. The highest BCUT2D eigenvalue weighted by molar-refractivity contribution is 5.92. The van der Waals surface area contributed by atoms with Crippen LogP contribution in [0.5, 0.6) is 0 Å². The summed E-state index contributed by atoms with van der Waals surface area (Å²) in [5.74, 6) is -0.336. The Balaban J connectivity index is 1.76. The molecule has 0 saturated heterocycles. The summed E-state index contributed by atoms with van der Waals surface area (Å²) < 4.78 is 1.35. The molecule has 116 valence electrons. The molecule has 0 spiro atoms. The minimum Gasteiger partial charge on any atom is -0.347 e. The zero-order chi connectivity index (χ0) is 16.2. The number of benzene rings is 1. The van der Waals surface area contributed by atoms with Gasteiger partial charge in [0.25, 0.3) is 11.5 Å². The molecule has 3 rings (SSSR count). The van der Waals surface area contributed by atoms with Crippen LogP contribution >= 0.6 is 0 Å². The molecule has 0 fully saturated rings. The molecule has 1 amide bonds. The van der Waals surface area contributed by atoms with Crippen LogP contribution in [0.1, 0.15) is 21.6 Å². The molecule has 0 saturated carbocycles. The van der Waals surface area contributed by atoms with Gasteiger partial charge in [0.15, 0.2) is 0 Å². The molecule has 23 heavy (non-hydrogen) atoms. The number of aromatic nitrogens is 3. The minimum atomic E-state index is -0.336. The van der Waals surface area contributed by atoms with E-state index < -0.39 is 0 Å². The van der Waals surface area contributed by atoms with Crippen LogP contribution in [0.25, 0.3) is 5.69 Å². The highest BCUT2D eigenvalue weighted by Crippen LogP contribution is 2.06. The standard InChI is InChI=1S/C17H16N4O2/c1-12-4-6-14(7-5-12)21-16(22)9-15(20-21)17(23)19-11-13-3-2-8-18-10-13/h2-10,20H,11H2,1H3,(H,19,23). The molecular formula is C17H16N4O2. The van der Waals surface area contributed by atoms with Gasteiger partial charge < -0.3 is 5.32 Å². The topological polar surface area (TPSA) is 79.8 Å². The molecule has 0 aliphatic rings. The third kappa shape index (κ3) is 3.37. The van der Waals surface area contributed by atoms with Crippen molar-refractivity contribution >= 4 is 5.91 Å². The number of nitrogens with one attached hydrogen (secondary N) is 2. The summed E-state index contributed by atoms with van der Waals surface area (Å²) in [6.07, 6.45) is 3.35. The quantitative estimate of drug-likeness (QED) is 0.771. The molecule has 0 radical (unpaired) electrons. The van der Waals surface area contributed by atoms with Crippen LogP contribution in [0.4, 0.5) is 0 Å². The van der Waals surface area contributed by atoms with Crippen molar-refractivity contribution in [3.8, 4) is 5.69 Å². The summed E-state index contributed by atoms with van der Waals surface area (Å²) in [6, 6.07) is 12.4. The van der Waals surface area contributed by atoms with Crippen LogP contribution in [0.2, 0.25) is 0 Å².